The first-order valence-corrected chi connectivity index (χ1v) is 13.9. The lowest BCUT2D eigenvalue weighted by Gasteiger charge is -2.40. The zero-order valence-corrected chi connectivity index (χ0v) is 22.3. The quantitative estimate of drug-likeness (QED) is 0.221. The number of likely N-dealkylation sites (tertiary alicyclic amines) is 1. The third-order valence-corrected chi connectivity index (χ3v) is 9.75. The fraction of sp³-hybridized carbons (Fsp3) is 0.741. The first-order valence-electron chi connectivity index (χ1n) is 13.1. The van der Waals surface area contributed by atoms with Crippen LogP contribution in [0.25, 0.3) is 0 Å². The molecule has 0 aromatic heterocycles. The van der Waals surface area contributed by atoms with Crippen molar-refractivity contribution < 1.29 is 24.2 Å². The number of ether oxygens (including phenoxy) is 1. The highest BCUT2D eigenvalue weighted by Gasteiger charge is 2.74. The van der Waals surface area contributed by atoms with E-state index in [0.717, 1.165) is 25.7 Å². The molecule has 0 saturated carbocycles. The van der Waals surface area contributed by atoms with Crippen molar-refractivity contribution in [3.05, 3.63) is 25.3 Å². The van der Waals surface area contributed by atoms with Crippen molar-refractivity contribution in [2.24, 2.45) is 17.8 Å². The fourth-order valence-corrected chi connectivity index (χ4v) is 8.27. The number of aliphatic hydroxyl groups excluding tert-OH is 1. The van der Waals surface area contributed by atoms with Crippen molar-refractivity contribution in [1.82, 2.24) is 9.80 Å². The molecule has 3 aliphatic rings. The summed E-state index contributed by atoms with van der Waals surface area (Å²) in [4.78, 5) is 44.9. The van der Waals surface area contributed by atoms with Gasteiger partial charge >= 0.3 is 5.97 Å². The van der Waals surface area contributed by atoms with E-state index in [4.69, 9.17) is 4.74 Å². The molecule has 0 aromatic rings. The van der Waals surface area contributed by atoms with Crippen molar-refractivity contribution in [1.29, 1.82) is 0 Å². The molecule has 2 bridgehead atoms. The van der Waals surface area contributed by atoms with Gasteiger partial charge in [0.1, 0.15) is 6.04 Å². The predicted octanol–water partition coefficient (Wildman–Crippen LogP) is 3.42. The predicted molar refractivity (Wildman–Crippen MR) is 139 cm³/mol. The molecule has 3 aliphatic heterocycles. The summed E-state index contributed by atoms with van der Waals surface area (Å²) >= 11 is 1.64. The van der Waals surface area contributed by atoms with Crippen LogP contribution >= 0.6 is 11.8 Å². The average Bonchev–Trinajstić information content (AvgIpc) is 3.47. The van der Waals surface area contributed by atoms with Crippen molar-refractivity contribution in [2.75, 3.05) is 26.3 Å². The smallest absolute Gasteiger partial charge is 0.310 e. The molecule has 6 atom stereocenters. The maximum Gasteiger partial charge on any atom is 0.310 e. The van der Waals surface area contributed by atoms with Crippen LogP contribution in [-0.2, 0) is 19.1 Å². The number of amides is 2. The summed E-state index contributed by atoms with van der Waals surface area (Å²) in [7, 11) is 0. The number of rotatable bonds is 14. The Morgan fingerprint density at radius 1 is 1.31 bits per heavy atom. The monoisotopic (exact) mass is 506 g/mol. The lowest BCUT2D eigenvalue weighted by atomic mass is 9.71. The number of hydrogen-bond donors (Lipinski definition) is 1. The zero-order chi connectivity index (χ0) is 25.8. The topological polar surface area (TPSA) is 87.2 Å². The summed E-state index contributed by atoms with van der Waals surface area (Å²) in [6.45, 7) is 14.6. The Hall–Kier alpha value is -1.80. The molecule has 2 unspecified atom stereocenters. The van der Waals surface area contributed by atoms with E-state index in [9.17, 15) is 19.5 Å². The average molecular weight is 507 g/mol. The molecule has 3 fully saturated rings. The molecule has 8 heteroatoms. The van der Waals surface area contributed by atoms with Gasteiger partial charge in [0, 0.05) is 18.3 Å². The van der Waals surface area contributed by atoms with Gasteiger partial charge < -0.3 is 19.6 Å². The highest BCUT2D eigenvalue weighted by molar-refractivity contribution is 8.02. The molecule has 3 saturated heterocycles. The van der Waals surface area contributed by atoms with Crippen molar-refractivity contribution in [3.63, 3.8) is 0 Å². The van der Waals surface area contributed by atoms with Crippen molar-refractivity contribution in [3.8, 4) is 0 Å². The van der Waals surface area contributed by atoms with Gasteiger partial charge in [-0.3, -0.25) is 14.4 Å². The van der Waals surface area contributed by atoms with Crippen molar-refractivity contribution >= 4 is 29.5 Å². The lowest BCUT2D eigenvalue weighted by molar-refractivity contribution is -0.155. The molecule has 0 aliphatic carbocycles. The normalized spacial score (nSPS) is 29.9. The minimum atomic E-state index is -0.704. The van der Waals surface area contributed by atoms with Crippen molar-refractivity contribution in [2.45, 2.75) is 81.4 Å². The van der Waals surface area contributed by atoms with Crippen LogP contribution in [0.15, 0.2) is 25.3 Å². The molecular formula is C27H42N2O5S. The van der Waals surface area contributed by atoms with Gasteiger partial charge in [-0.1, -0.05) is 39.3 Å². The third-order valence-electron chi connectivity index (χ3n) is 7.80. The van der Waals surface area contributed by atoms with E-state index < -0.39 is 28.7 Å². The molecule has 0 aromatic carbocycles. The Labute approximate surface area is 214 Å². The Morgan fingerprint density at radius 3 is 2.66 bits per heavy atom. The molecule has 35 heavy (non-hydrogen) atoms. The number of hydrogen-bond acceptors (Lipinski definition) is 6. The number of aliphatic hydroxyl groups is 1. The van der Waals surface area contributed by atoms with E-state index in [1.165, 1.54) is 0 Å². The van der Waals surface area contributed by atoms with Crippen LogP contribution in [0.3, 0.4) is 0 Å². The van der Waals surface area contributed by atoms with E-state index >= 15 is 0 Å². The molecule has 1 N–H and O–H groups in total. The first kappa shape index (κ1) is 27.8. The first-order chi connectivity index (χ1) is 16.8. The van der Waals surface area contributed by atoms with E-state index in [2.05, 4.69) is 20.1 Å². The molecule has 3 heterocycles. The minimum absolute atomic E-state index is 0.0246. The summed E-state index contributed by atoms with van der Waals surface area (Å²) in [6, 6.07) is -1.19. The lowest BCUT2D eigenvalue weighted by Crippen LogP contribution is -2.58. The van der Waals surface area contributed by atoms with Crippen LogP contribution in [0.4, 0.5) is 0 Å². The van der Waals surface area contributed by atoms with Gasteiger partial charge in [-0.05, 0) is 38.0 Å². The number of thioether (sulfide) groups is 1. The van der Waals surface area contributed by atoms with Crippen LogP contribution in [0.5, 0.6) is 0 Å². The van der Waals surface area contributed by atoms with Crippen LogP contribution < -0.4 is 0 Å². The molecule has 3 rings (SSSR count). The second-order valence-corrected chi connectivity index (χ2v) is 11.9. The highest BCUT2D eigenvalue weighted by atomic mass is 32.2. The van der Waals surface area contributed by atoms with Gasteiger partial charge in [0.2, 0.25) is 11.8 Å². The van der Waals surface area contributed by atoms with Crippen LogP contribution in [0, 0.1) is 17.8 Å². The molecule has 0 radical (unpaired) electrons. The van der Waals surface area contributed by atoms with Gasteiger partial charge in [-0.25, -0.2) is 0 Å². The molecular weight excluding hydrogens is 464 g/mol. The summed E-state index contributed by atoms with van der Waals surface area (Å²) in [6.07, 6.45) is 8.26. The van der Waals surface area contributed by atoms with Crippen LogP contribution in [0.1, 0.15) is 59.3 Å². The largest absolute Gasteiger partial charge is 0.465 e. The summed E-state index contributed by atoms with van der Waals surface area (Å²) in [5.41, 5.74) is 0. The third kappa shape index (κ3) is 5.06. The number of carbonyl (C=O) groups excluding carboxylic acids is 3. The Morgan fingerprint density at radius 2 is 2.06 bits per heavy atom. The number of fused-ring (bicyclic) bond motifs is 1. The fourth-order valence-electron chi connectivity index (χ4n) is 6.08. The standard InChI is InChI=1S/C27H42N2O5S/c1-6-9-11-16-34-26(33)21-20-12-13-27(35-20)22(21)24(31)29(19(17-30)18(4)5)23(27)25(32)28(14-8-3)15-10-7-2/h6,8,18-23,30H,1,3,7,9-17H2,2,4-5H3/t19-,20-,21+,22-,23?,27?/m0/s1. The Kier molecular flexibility index (Phi) is 9.49. The summed E-state index contributed by atoms with van der Waals surface area (Å²) < 4.78 is 4.94. The van der Waals surface area contributed by atoms with E-state index in [1.54, 1.807) is 33.7 Å². The van der Waals surface area contributed by atoms with E-state index in [-0.39, 0.29) is 35.6 Å². The molecule has 7 nitrogen and oxygen atoms in total. The van der Waals surface area contributed by atoms with Gasteiger partial charge in [-0.15, -0.1) is 24.9 Å². The molecule has 2 amide bonds. The Balaban J connectivity index is 1.99. The van der Waals surface area contributed by atoms with Gasteiger partial charge in [-0.2, -0.15) is 0 Å². The zero-order valence-electron chi connectivity index (χ0n) is 21.5. The second-order valence-electron chi connectivity index (χ2n) is 10.3. The van der Waals surface area contributed by atoms with Crippen LogP contribution in [0.2, 0.25) is 0 Å². The Bertz CT molecular complexity index is 817. The SMILES string of the molecule is C=CCCCOC(=O)[C@@H]1[C@@H]2CCC3(S2)C(C(=O)N(CC=C)CCCC)N([C@@H](CO)C(C)C)C(=O)[C@H]13. The summed E-state index contributed by atoms with van der Waals surface area (Å²) in [5, 5.41) is 10.3. The maximum absolute atomic E-state index is 14.1. The highest BCUT2D eigenvalue weighted by Crippen LogP contribution is 2.67. The van der Waals surface area contributed by atoms with Crippen LogP contribution in [-0.4, -0.2) is 81.1 Å². The molecule has 1 spiro atoms. The number of carbonyl (C=O) groups is 3. The minimum Gasteiger partial charge on any atom is -0.465 e. The number of allylic oxidation sites excluding steroid dienone is 1. The van der Waals surface area contributed by atoms with Gasteiger partial charge in [0.25, 0.3) is 0 Å². The summed E-state index contributed by atoms with van der Waals surface area (Å²) in [5.74, 6) is -1.81. The van der Waals surface area contributed by atoms with Gasteiger partial charge in [0.05, 0.1) is 35.8 Å². The maximum atomic E-state index is 14.1. The number of esters is 1. The van der Waals surface area contributed by atoms with E-state index in [1.807, 2.05) is 13.8 Å². The number of nitrogens with zero attached hydrogens (tertiary/aromatic N) is 2. The van der Waals surface area contributed by atoms with Gasteiger partial charge in [0.15, 0.2) is 0 Å². The molecule has 196 valence electrons. The number of unbranched alkanes of at least 4 members (excludes halogenated alkanes) is 2. The van der Waals surface area contributed by atoms with E-state index in [0.29, 0.717) is 32.5 Å². The second kappa shape index (κ2) is 12.0.